The molecule has 4 rings (SSSR count). The molecule has 0 bridgehead atoms. The Morgan fingerprint density at radius 2 is 1.94 bits per heavy atom. The molecule has 1 aliphatic heterocycles. The summed E-state index contributed by atoms with van der Waals surface area (Å²) in [6.07, 6.45) is 5.30. The summed E-state index contributed by atoms with van der Waals surface area (Å²) in [6.45, 7) is 3.01. The first-order valence-corrected chi connectivity index (χ1v) is 11.1. The molecule has 0 unspecified atom stereocenters. The van der Waals surface area contributed by atoms with Gasteiger partial charge in [0.15, 0.2) is 0 Å². The van der Waals surface area contributed by atoms with Crippen LogP contribution in [0.25, 0.3) is 0 Å². The highest BCUT2D eigenvalue weighted by Crippen LogP contribution is 2.35. The van der Waals surface area contributed by atoms with Crippen molar-refractivity contribution in [2.75, 3.05) is 18.5 Å². The Morgan fingerprint density at radius 3 is 2.68 bits per heavy atom. The van der Waals surface area contributed by atoms with Gasteiger partial charge in [0.2, 0.25) is 5.95 Å². The van der Waals surface area contributed by atoms with Gasteiger partial charge in [-0.1, -0.05) is 48.0 Å². The molecular formula is C25H27ClN4O. The van der Waals surface area contributed by atoms with Crippen molar-refractivity contribution in [2.45, 2.75) is 38.6 Å². The van der Waals surface area contributed by atoms with Gasteiger partial charge in [0.05, 0.1) is 17.3 Å². The molecule has 5 nitrogen and oxygen atoms in total. The van der Waals surface area contributed by atoms with Gasteiger partial charge in [-0.25, -0.2) is 9.97 Å². The second-order valence-electron chi connectivity index (χ2n) is 7.94. The maximum atomic E-state index is 12.4. The number of benzene rings is 2. The molecule has 2 aromatic carbocycles. The average Bonchev–Trinajstić information content (AvgIpc) is 3.28. The molecule has 3 aromatic rings. The fourth-order valence-electron chi connectivity index (χ4n) is 4.24. The summed E-state index contributed by atoms with van der Waals surface area (Å²) >= 11 is 6.07. The van der Waals surface area contributed by atoms with Crippen LogP contribution in [0.3, 0.4) is 0 Å². The van der Waals surface area contributed by atoms with E-state index in [1.165, 1.54) is 16.7 Å². The number of rotatable bonds is 6. The number of halogens is 1. The number of carbonyl (C=O) groups excluding carboxylic acids is 1. The van der Waals surface area contributed by atoms with Crippen LogP contribution in [0.15, 0.2) is 54.7 Å². The van der Waals surface area contributed by atoms with E-state index in [0.29, 0.717) is 17.9 Å². The van der Waals surface area contributed by atoms with Crippen LogP contribution < -0.4 is 10.2 Å². The molecule has 31 heavy (non-hydrogen) atoms. The molecule has 1 amide bonds. The Bertz CT molecular complexity index is 1070. The molecule has 1 atom stereocenters. The first-order valence-electron chi connectivity index (χ1n) is 10.7. The molecule has 1 N–H and O–H groups in total. The van der Waals surface area contributed by atoms with E-state index in [0.717, 1.165) is 36.5 Å². The molecule has 160 valence electrons. The zero-order valence-corrected chi connectivity index (χ0v) is 18.7. The van der Waals surface area contributed by atoms with E-state index >= 15 is 0 Å². The van der Waals surface area contributed by atoms with E-state index in [1.54, 1.807) is 13.2 Å². The lowest BCUT2D eigenvalue weighted by molar-refractivity contribution is 0.0961. The van der Waals surface area contributed by atoms with Crippen LogP contribution in [-0.4, -0.2) is 29.5 Å². The number of nitrogens with zero attached hydrogens (tertiary/aromatic N) is 3. The molecule has 2 heterocycles. The highest BCUT2D eigenvalue weighted by atomic mass is 35.5. The van der Waals surface area contributed by atoms with Crippen molar-refractivity contribution in [2.24, 2.45) is 0 Å². The molecule has 0 spiro atoms. The summed E-state index contributed by atoms with van der Waals surface area (Å²) in [5.74, 6) is 0.534. The average molecular weight is 435 g/mol. The zero-order valence-electron chi connectivity index (χ0n) is 17.9. The molecule has 1 fully saturated rings. The van der Waals surface area contributed by atoms with Gasteiger partial charge in [0, 0.05) is 24.8 Å². The second kappa shape index (κ2) is 9.48. The third-order valence-corrected chi connectivity index (χ3v) is 6.24. The third-order valence-electron chi connectivity index (χ3n) is 5.98. The van der Waals surface area contributed by atoms with E-state index in [4.69, 9.17) is 16.6 Å². The minimum absolute atomic E-state index is 0.151. The summed E-state index contributed by atoms with van der Waals surface area (Å²) in [5.41, 5.74) is 5.06. The van der Waals surface area contributed by atoms with Crippen molar-refractivity contribution in [3.05, 3.63) is 87.7 Å². The molecule has 6 heteroatoms. The number of anilines is 1. The second-order valence-corrected chi connectivity index (χ2v) is 8.38. The molecular weight excluding hydrogens is 408 g/mol. The Hall–Kier alpha value is -2.92. The predicted octanol–water partition coefficient (Wildman–Crippen LogP) is 4.92. The van der Waals surface area contributed by atoms with E-state index < -0.39 is 0 Å². The Balaban J connectivity index is 1.63. The van der Waals surface area contributed by atoms with Crippen molar-refractivity contribution < 1.29 is 4.79 Å². The number of aromatic nitrogens is 2. The van der Waals surface area contributed by atoms with Crippen LogP contribution in [0.5, 0.6) is 0 Å². The van der Waals surface area contributed by atoms with Crippen molar-refractivity contribution in [1.29, 1.82) is 0 Å². The lowest BCUT2D eigenvalue weighted by Gasteiger charge is -2.26. The maximum Gasteiger partial charge on any atom is 0.254 e. The van der Waals surface area contributed by atoms with Crippen LogP contribution in [-0.2, 0) is 12.8 Å². The van der Waals surface area contributed by atoms with Gasteiger partial charge >= 0.3 is 0 Å². The van der Waals surface area contributed by atoms with E-state index in [2.05, 4.69) is 46.4 Å². The van der Waals surface area contributed by atoms with E-state index in [9.17, 15) is 4.79 Å². The highest BCUT2D eigenvalue weighted by Gasteiger charge is 2.29. The van der Waals surface area contributed by atoms with Gasteiger partial charge in [-0.2, -0.15) is 0 Å². The summed E-state index contributed by atoms with van der Waals surface area (Å²) in [4.78, 5) is 24.2. The van der Waals surface area contributed by atoms with E-state index in [1.807, 2.05) is 24.3 Å². The normalized spacial score (nSPS) is 15.8. The molecule has 0 saturated carbocycles. The van der Waals surface area contributed by atoms with Crippen LogP contribution in [0.2, 0.25) is 5.02 Å². The lowest BCUT2D eigenvalue weighted by atomic mass is 10.0. The fourth-order valence-corrected chi connectivity index (χ4v) is 4.37. The SMILES string of the molecule is CNC(=O)c1cnc(N2CCC[C@H]2c2ccc(Cl)cc2)nc1CCc1ccccc1C. The van der Waals surface area contributed by atoms with Gasteiger partial charge in [0.25, 0.3) is 5.91 Å². The predicted molar refractivity (Wildman–Crippen MR) is 125 cm³/mol. The first-order chi connectivity index (χ1) is 15.1. The van der Waals surface area contributed by atoms with Crippen molar-refractivity contribution in [3.8, 4) is 0 Å². The van der Waals surface area contributed by atoms with E-state index in [-0.39, 0.29) is 11.9 Å². The standard InChI is InChI=1S/C25H27ClN4O/c1-17-6-3-4-7-18(17)11-14-22-21(24(31)27-2)16-28-25(29-22)30-15-5-8-23(30)19-9-12-20(26)13-10-19/h3-4,6-7,9-10,12-13,16,23H,5,8,11,14-15H2,1-2H3,(H,27,31)/t23-/m0/s1. The van der Waals surface area contributed by atoms with Gasteiger partial charge in [0.1, 0.15) is 0 Å². The van der Waals surface area contributed by atoms with Crippen LogP contribution in [0.4, 0.5) is 5.95 Å². The first kappa shape index (κ1) is 21.3. The summed E-state index contributed by atoms with van der Waals surface area (Å²) in [6, 6.07) is 16.6. The summed E-state index contributed by atoms with van der Waals surface area (Å²) in [7, 11) is 1.64. The zero-order chi connectivity index (χ0) is 21.8. The molecule has 0 radical (unpaired) electrons. The van der Waals surface area contributed by atoms with Gasteiger partial charge < -0.3 is 10.2 Å². The smallest absolute Gasteiger partial charge is 0.254 e. The third kappa shape index (κ3) is 4.72. The maximum absolute atomic E-state index is 12.4. The number of amides is 1. The van der Waals surface area contributed by atoms with Crippen molar-refractivity contribution in [1.82, 2.24) is 15.3 Å². The number of aryl methyl sites for hydroxylation is 3. The fraction of sp³-hybridized carbons (Fsp3) is 0.320. The minimum Gasteiger partial charge on any atom is -0.355 e. The van der Waals surface area contributed by atoms with Gasteiger partial charge in [-0.05, 0) is 61.4 Å². The van der Waals surface area contributed by atoms with Gasteiger partial charge in [-0.15, -0.1) is 0 Å². The molecule has 1 aliphatic rings. The Morgan fingerprint density at radius 1 is 1.16 bits per heavy atom. The van der Waals surface area contributed by atoms with Crippen LogP contribution in [0, 0.1) is 6.92 Å². The summed E-state index contributed by atoms with van der Waals surface area (Å²) < 4.78 is 0. The quantitative estimate of drug-likeness (QED) is 0.598. The lowest BCUT2D eigenvalue weighted by Crippen LogP contribution is -2.27. The van der Waals surface area contributed by atoms with Crippen LogP contribution in [0.1, 0.15) is 51.6 Å². The monoisotopic (exact) mass is 434 g/mol. The number of nitrogens with one attached hydrogen (secondary N) is 1. The number of carbonyl (C=O) groups is 1. The van der Waals surface area contributed by atoms with Gasteiger partial charge in [-0.3, -0.25) is 4.79 Å². The number of hydrogen-bond acceptors (Lipinski definition) is 4. The molecule has 0 aliphatic carbocycles. The minimum atomic E-state index is -0.151. The highest BCUT2D eigenvalue weighted by molar-refractivity contribution is 6.30. The summed E-state index contributed by atoms with van der Waals surface area (Å²) in [5, 5.41) is 3.45. The van der Waals surface area contributed by atoms with Crippen molar-refractivity contribution in [3.63, 3.8) is 0 Å². The Kier molecular flexibility index (Phi) is 6.52. The molecule has 1 aromatic heterocycles. The molecule has 1 saturated heterocycles. The largest absolute Gasteiger partial charge is 0.355 e. The number of hydrogen-bond donors (Lipinski definition) is 1. The van der Waals surface area contributed by atoms with Crippen LogP contribution >= 0.6 is 11.6 Å². The topological polar surface area (TPSA) is 58.1 Å². The Labute approximate surface area is 188 Å². The van der Waals surface area contributed by atoms with Crippen molar-refractivity contribution >= 4 is 23.5 Å².